The highest BCUT2D eigenvalue weighted by Crippen LogP contribution is 2.29. The zero-order valence-electron chi connectivity index (χ0n) is 13.0. The Morgan fingerprint density at radius 1 is 0.833 bits per heavy atom. The van der Waals surface area contributed by atoms with Gasteiger partial charge in [-0.2, -0.15) is 0 Å². The molecule has 0 amide bonds. The summed E-state index contributed by atoms with van der Waals surface area (Å²) in [4.78, 5) is 16.3. The predicted molar refractivity (Wildman–Crippen MR) is 99.1 cm³/mol. The Balaban J connectivity index is 1.84. The maximum atomic E-state index is 12.3. The van der Waals surface area contributed by atoms with Crippen molar-refractivity contribution < 1.29 is 4.79 Å². The van der Waals surface area contributed by atoms with E-state index in [9.17, 15) is 4.79 Å². The second kappa shape index (κ2) is 6.09. The average molecular weight is 309 g/mol. The Morgan fingerprint density at radius 3 is 2.38 bits per heavy atom. The summed E-state index contributed by atoms with van der Waals surface area (Å²) in [6.07, 6.45) is 6.76. The summed E-state index contributed by atoms with van der Waals surface area (Å²) in [5.74, 6) is -0.0414. The zero-order valence-corrected chi connectivity index (χ0v) is 13.0. The third-order valence-electron chi connectivity index (χ3n) is 4.16. The van der Waals surface area contributed by atoms with Crippen LogP contribution >= 0.6 is 0 Å². The molecule has 0 saturated heterocycles. The normalized spacial score (nSPS) is 11.3. The van der Waals surface area contributed by atoms with E-state index in [2.05, 4.69) is 41.4 Å². The molecule has 1 heterocycles. The summed E-state index contributed by atoms with van der Waals surface area (Å²) in [5, 5.41) is 4.74. The highest BCUT2D eigenvalue weighted by atomic mass is 16.1. The molecule has 0 spiro atoms. The van der Waals surface area contributed by atoms with E-state index in [1.165, 1.54) is 16.2 Å². The molecule has 0 aliphatic heterocycles. The number of benzene rings is 3. The standard InChI is InChI=1S/C22H15NO/c24-22(18-7-5-13-23-15-18)12-11-17-14-16-6-1-2-8-19(16)21-10-4-3-9-20(17)21/h1-15H. The van der Waals surface area contributed by atoms with Gasteiger partial charge in [-0.1, -0.05) is 54.6 Å². The van der Waals surface area contributed by atoms with Crippen molar-refractivity contribution in [2.24, 2.45) is 0 Å². The number of carbonyl (C=O) groups is 1. The summed E-state index contributed by atoms with van der Waals surface area (Å²) < 4.78 is 0. The zero-order chi connectivity index (χ0) is 16.4. The molecule has 0 N–H and O–H groups in total. The Bertz CT molecular complexity index is 1060. The molecule has 0 saturated carbocycles. The number of pyridine rings is 1. The van der Waals surface area contributed by atoms with E-state index in [-0.39, 0.29) is 5.78 Å². The van der Waals surface area contributed by atoms with Gasteiger partial charge in [-0.15, -0.1) is 0 Å². The fourth-order valence-corrected chi connectivity index (χ4v) is 2.99. The molecule has 4 aromatic rings. The molecule has 0 aliphatic carbocycles. The number of ketones is 1. The Morgan fingerprint density at radius 2 is 1.58 bits per heavy atom. The lowest BCUT2D eigenvalue weighted by molar-refractivity contribution is 0.104. The molecule has 0 bridgehead atoms. The van der Waals surface area contributed by atoms with E-state index in [1.54, 1.807) is 30.6 Å². The molecule has 0 fully saturated rings. The third-order valence-corrected chi connectivity index (χ3v) is 4.16. The van der Waals surface area contributed by atoms with Crippen molar-refractivity contribution in [1.29, 1.82) is 0 Å². The van der Waals surface area contributed by atoms with Gasteiger partial charge in [0.15, 0.2) is 5.78 Å². The molecule has 0 unspecified atom stereocenters. The molecule has 0 atom stereocenters. The molecule has 0 radical (unpaired) electrons. The van der Waals surface area contributed by atoms with Gasteiger partial charge >= 0.3 is 0 Å². The first-order chi connectivity index (χ1) is 11.8. The number of hydrogen-bond acceptors (Lipinski definition) is 2. The number of hydrogen-bond donors (Lipinski definition) is 0. The van der Waals surface area contributed by atoms with Crippen molar-refractivity contribution in [3.05, 3.63) is 96.3 Å². The fraction of sp³-hybridized carbons (Fsp3) is 0. The van der Waals surface area contributed by atoms with Crippen LogP contribution in [0.1, 0.15) is 15.9 Å². The van der Waals surface area contributed by atoms with Crippen LogP contribution in [0.3, 0.4) is 0 Å². The van der Waals surface area contributed by atoms with Crippen LogP contribution < -0.4 is 0 Å². The molecule has 2 heteroatoms. The van der Waals surface area contributed by atoms with Crippen molar-refractivity contribution in [3.63, 3.8) is 0 Å². The van der Waals surface area contributed by atoms with E-state index >= 15 is 0 Å². The number of fused-ring (bicyclic) bond motifs is 3. The van der Waals surface area contributed by atoms with Crippen LogP contribution in [0.15, 0.2) is 85.2 Å². The number of carbonyl (C=O) groups excluding carboxylic acids is 1. The number of nitrogens with zero attached hydrogens (tertiary/aromatic N) is 1. The van der Waals surface area contributed by atoms with Crippen molar-refractivity contribution in [2.45, 2.75) is 0 Å². The number of rotatable bonds is 3. The van der Waals surface area contributed by atoms with Crippen molar-refractivity contribution >= 4 is 33.4 Å². The summed E-state index contributed by atoms with van der Waals surface area (Å²) in [6.45, 7) is 0. The van der Waals surface area contributed by atoms with Gasteiger partial charge in [-0.25, -0.2) is 0 Å². The SMILES string of the molecule is O=C(C=Cc1cc2ccccc2c2ccccc12)c1cccnc1. The Hall–Kier alpha value is -3.26. The first-order valence-corrected chi connectivity index (χ1v) is 7.86. The molecule has 2 nitrogen and oxygen atoms in total. The first-order valence-electron chi connectivity index (χ1n) is 7.86. The van der Waals surface area contributed by atoms with Crippen LogP contribution in [0.4, 0.5) is 0 Å². The Labute approximate surface area is 140 Å². The van der Waals surface area contributed by atoms with Gasteiger partial charge in [0.2, 0.25) is 0 Å². The third kappa shape index (κ3) is 2.59. The van der Waals surface area contributed by atoms with Gasteiger partial charge in [-0.05, 0) is 51.4 Å². The van der Waals surface area contributed by atoms with Gasteiger partial charge in [-0.3, -0.25) is 9.78 Å². The lowest BCUT2D eigenvalue weighted by atomic mass is 9.97. The highest BCUT2D eigenvalue weighted by molar-refractivity contribution is 6.12. The van der Waals surface area contributed by atoms with Crippen molar-refractivity contribution in [3.8, 4) is 0 Å². The van der Waals surface area contributed by atoms with Gasteiger partial charge in [0.1, 0.15) is 0 Å². The van der Waals surface area contributed by atoms with Crippen LogP contribution in [0.5, 0.6) is 0 Å². The lowest BCUT2D eigenvalue weighted by Crippen LogP contribution is -1.94. The average Bonchev–Trinajstić information content (AvgIpc) is 2.66. The second-order valence-electron chi connectivity index (χ2n) is 5.67. The highest BCUT2D eigenvalue weighted by Gasteiger charge is 2.05. The maximum absolute atomic E-state index is 12.3. The molecular formula is C22H15NO. The predicted octanol–water partition coefficient (Wildman–Crippen LogP) is 5.28. The van der Waals surface area contributed by atoms with Gasteiger partial charge in [0.25, 0.3) is 0 Å². The monoisotopic (exact) mass is 309 g/mol. The summed E-state index contributed by atoms with van der Waals surface area (Å²) >= 11 is 0. The van der Waals surface area contributed by atoms with E-state index in [1.807, 2.05) is 24.3 Å². The topological polar surface area (TPSA) is 30.0 Å². The molecule has 1 aromatic heterocycles. The maximum Gasteiger partial charge on any atom is 0.187 e. The van der Waals surface area contributed by atoms with E-state index in [0.717, 1.165) is 10.9 Å². The van der Waals surface area contributed by atoms with Crippen molar-refractivity contribution in [2.75, 3.05) is 0 Å². The van der Waals surface area contributed by atoms with E-state index in [0.29, 0.717) is 5.56 Å². The quantitative estimate of drug-likeness (QED) is 0.292. The van der Waals surface area contributed by atoms with Crippen LogP contribution in [-0.4, -0.2) is 10.8 Å². The van der Waals surface area contributed by atoms with E-state index in [4.69, 9.17) is 0 Å². The van der Waals surface area contributed by atoms with Crippen LogP contribution in [0, 0.1) is 0 Å². The second-order valence-corrected chi connectivity index (χ2v) is 5.67. The van der Waals surface area contributed by atoms with Crippen LogP contribution in [0.25, 0.3) is 27.6 Å². The van der Waals surface area contributed by atoms with E-state index < -0.39 is 0 Å². The molecule has 0 aliphatic rings. The van der Waals surface area contributed by atoms with Gasteiger partial charge in [0.05, 0.1) is 0 Å². The summed E-state index contributed by atoms with van der Waals surface area (Å²) in [5.41, 5.74) is 1.64. The van der Waals surface area contributed by atoms with Crippen LogP contribution in [0.2, 0.25) is 0 Å². The molecule has 114 valence electrons. The fourth-order valence-electron chi connectivity index (χ4n) is 2.99. The summed E-state index contributed by atoms with van der Waals surface area (Å²) in [6, 6.07) is 22.3. The van der Waals surface area contributed by atoms with Gasteiger partial charge < -0.3 is 0 Å². The first kappa shape index (κ1) is 14.3. The molecule has 24 heavy (non-hydrogen) atoms. The smallest absolute Gasteiger partial charge is 0.187 e. The molecule has 4 rings (SSSR count). The largest absolute Gasteiger partial charge is 0.289 e. The Kier molecular flexibility index (Phi) is 3.64. The number of allylic oxidation sites excluding steroid dienone is 1. The van der Waals surface area contributed by atoms with Gasteiger partial charge in [0, 0.05) is 18.0 Å². The minimum atomic E-state index is -0.0414. The lowest BCUT2D eigenvalue weighted by Gasteiger charge is -2.07. The molecule has 3 aromatic carbocycles. The van der Waals surface area contributed by atoms with Crippen LogP contribution in [-0.2, 0) is 0 Å². The summed E-state index contributed by atoms with van der Waals surface area (Å²) in [7, 11) is 0. The number of aromatic nitrogens is 1. The minimum absolute atomic E-state index is 0.0414. The van der Waals surface area contributed by atoms with Crippen molar-refractivity contribution in [1.82, 2.24) is 4.98 Å². The minimum Gasteiger partial charge on any atom is -0.289 e. The molecular weight excluding hydrogens is 294 g/mol.